The Hall–Kier alpha value is -3.47. The predicted octanol–water partition coefficient (Wildman–Crippen LogP) is 5.84. The number of aromatic nitrogens is 1. The van der Waals surface area contributed by atoms with Crippen molar-refractivity contribution in [2.24, 2.45) is 0 Å². The Morgan fingerprint density at radius 1 is 1.03 bits per heavy atom. The number of rotatable bonds is 7. The first kappa shape index (κ1) is 22.7. The van der Waals surface area contributed by atoms with Crippen molar-refractivity contribution in [3.8, 4) is 0 Å². The van der Waals surface area contributed by atoms with E-state index in [1.54, 1.807) is 36.4 Å². The second-order valence-corrected chi connectivity index (χ2v) is 9.40. The number of nitro groups is 1. The van der Waals surface area contributed by atoms with Crippen molar-refractivity contribution >= 4 is 73.8 Å². The molecule has 2 N–H and O–H groups in total. The zero-order valence-corrected chi connectivity index (χ0v) is 19.2. The highest BCUT2D eigenvalue weighted by molar-refractivity contribution is 8.01. The lowest BCUT2D eigenvalue weighted by molar-refractivity contribution is -0.384. The van der Waals surface area contributed by atoms with Crippen LogP contribution >= 0.6 is 34.7 Å². The largest absolute Gasteiger partial charge is 0.325 e. The van der Waals surface area contributed by atoms with Gasteiger partial charge in [0.25, 0.3) is 11.6 Å². The van der Waals surface area contributed by atoms with Crippen molar-refractivity contribution in [3.05, 3.63) is 87.4 Å². The van der Waals surface area contributed by atoms with Gasteiger partial charge in [0.1, 0.15) is 0 Å². The number of amides is 2. The van der Waals surface area contributed by atoms with Gasteiger partial charge in [-0.2, -0.15) is 0 Å². The number of halogens is 1. The Morgan fingerprint density at radius 3 is 2.48 bits per heavy atom. The molecule has 0 unspecified atom stereocenters. The normalized spacial score (nSPS) is 10.7. The lowest BCUT2D eigenvalue weighted by Crippen LogP contribution is -2.13. The van der Waals surface area contributed by atoms with E-state index in [1.165, 1.54) is 47.4 Å². The summed E-state index contributed by atoms with van der Waals surface area (Å²) in [5.74, 6) is -0.421. The molecule has 4 rings (SSSR count). The molecular formula is C22H15ClN4O4S2. The van der Waals surface area contributed by atoms with Crippen LogP contribution in [-0.2, 0) is 4.79 Å². The van der Waals surface area contributed by atoms with E-state index in [0.29, 0.717) is 26.3 Å². The summed E-state index contributed by atoms with van der Waals surface area (Å²) in [4.78, 5) is 39.4. The number of hydrogen-bond acceptors (Lipinski definition) is 7. The van der Waals surface area contributed by atoms with Crippen molar-refractivity contribution in [1.82, 2.24) is 4.98 Å². The van der Waals surface area contributed by atoms with Crippen molar-refractivity contribution in [2.75, 3.05) is 16.4 Å². The maximum atomic E-state index is 12.5. The lowest BCUT2D eigenvalue weighted by Gasteiger charge is -2.06. The highest BCUT2D eigenvalue weighted by Gasteiger charge is 2.13. The van der Waals surface area contributed by atoms with Crippen molar-refractivity contribution < 1.29 is 14.5 Å². The van der Waals surface area contributed by atoms with E-state index in [1.807, 2.05) is 6.07 Å². The van der Waals surface area contributed by atoms with Gasteiger partial charge in [-0.15, -0.1) is 11.3 Å². The molecule has 4 aromatic rings. The number of carbonyl (C=O) groups is 2. The molecule has 0 spiro atoms. The van der Waals surface area contributed by atoms with Crippen LogP contribution in [0.5, 0.6) is 0 Å². The monoisotopic (exact) mass is 498 g/mol. The van der Waals surface area contributed by atoms with Crippen LogP contribution in [0.25, 0.3) is 10.2 Å². The van der Waals surface area contributed by atoms with Gasteiger partial charge in [0.05, 0.1) is 31.5 Å². The molecular weight excluding hydrogens is 484 g/mol. The van der Waals surface area contributed by atoms with Crippen LogP contribution in [0.3, 0.4) is 0 Å². The van der Waals surface area contributed by atoms with E-state index in [-0.39, 0.29) is 23.3 Å². The Kier molecular flexibility index (Phi) is 6.87. The summed E-state index contributed by atoms with van der Waals surface area (Å²) in [6.45, 7) is 0. The summed E-state index contributed by atoms with van der Waals surface area (Å²) in [7, 11) is 0. The zero-order valence-electron chi connectivity index (χ0n) is 16.8. The van der Waals surface area contributed by atoms with Crippen LogP contribution in [-0.4, -0.2) is 27.5 Å². The average Bonchev–Trinajstić information content (AvgIpc) is 3.20. The molecule has 0 saturated heterocycles. The summed E-state index contributed by atoms with van der Waals surface area (Å²) >= 11 is 8.78. The summed E-state index contributed by atoms with van der Waals surface area (Å²) in [5.41, 5.74) is 2.20. The first-order valence-electron chi connectivity index (χ1n) is 9.52. The molecule has 0 atom stereocenters. The van der Waals surface area contributed by atoms with Gasteiger partial charge in [0.2, 0.25) is 5.91 Å². The van der Waals surface area contributed by atoms with E-state index in [0.717, 1.165) is 10.2 Å². The van der Waals surface area contributed by atoms with Gasteiger partial charge in [-0.3, -0.25) is 19.7 Å². The fraction of sp³-hybridized carbons (Fsp3) is 0.0455. The van der Waals surface area contributed by atoms with Gasteiger partial charge in [-0.05, 0) is 42.5 Å². The lowest BCUT2D eigenvalue weighted by atomic mass is 10.2. The molecule has 0 aliphatic heterocycles. The van der Waals surface area contributed by atoms with Crippen LogP contribution < -0.4 is 10.6 Å². The Morgan fingerprint density at radius 2 is 1.76 bits per heavy atom. The molecule has 1 heterocycles. The fourth-order valence-corrected chi connectivity index (χ4v) is 5.01. The quantitative estimate of drug-likeness (QED) is 0.188. The third-order valence-corrected chi connectivity index (χ3v) is 6.92. The van der Waals surface area contributed by atoms with Crippen LogP contribution in [0.4, 0.5) is 17.1 Å². The fourth-order valence-electron chi connectivity index (χ4n) is 2.88. The predicted molar refractivity (Wildman–Crippen MR) is 131 cm³/mol. The summed E-state index contributed by atoms with van der Waals surface area (Å²) < 4.78 is 1.57. The van der Waals surface area contributed by atoms with Crippen molar-refractivity contribution in [3.63, 3.8) is 0 Å². The average molecular weight is 499 g/mol. The third-order valence-electron chi connectivity index (χ3n) is 4.43. The number of hydrogen-bond donors (Lipinski definition) is 2. The first-order chi connectivity index (χ1) is 15.9. The highest BCUT2D eigenvalue weighted by Crippen LogP contribution is 2.31. The topological polar surface area (TPSA) is 114 Å². The van der Waals surface area contributed by atoms with Gasteiger partial charge in [-0.1, -0.05) is 35.5 Å². The van der Waals surface area contributed by atoms with Crippen LogP contribution in [0.2, 0.25) is 5.02 Å². The van der Waals surface area contributed by atoms with E-state index in [2.05, 4.69) is 15.6 Å². The van der Waals surface area contributed by atoms with Gasteiger partial charge in [0.15, 0.2) is 4.34 Å². The molecule has 0 aliphatic carbocycles. The number of non-ortho nitro benzene ring substituents is 1. The van der Waals surface area contributed by atoms with Gasteiger partial charge in [-0.25, -0.2) is 4.98 Å². The van der Waals surface area contributed by atoms with Crippen LogP contribution in [0, 0.1) is 10.1 Å². The second-order valence-electron chi connectivity index (χ2n) is 6.74. The number of fused-ring (bicyclic) bond motifs is 1. The standard InChI is InChI=1S/C22H15ClN4O4S2/c23-17-4-2-1-3-16(17)21(29)25-14-7-10-18-19(11-14)33-22(26-18)32-12-20(28)24-13-5-8-15(9-6-13)27(30)31/h1-11H,12H2,(H,24,28)(H,25,29). The number of nitro benzene ring substituents is 1. The smallest absolute Gasteiger partial charge is 0.269 e. The molecule has 0 radical (unpaired) electrons. The number of anilines is 2. The van der Waals surface area contributed by atoms with Crippen molar-refractivity contribution in [2.45, 2.75) is 4.34 Å². The molecule has 3 aromatic carbocycles. The molecule has 0 aliphatic rings. The summed E-state index contributed by atoms with van der Waals surface area (Å²) in [5, 5.41) is 16.6. The minimum atomic E-state index is -0.498. The van der Waals surface area contributed by atoms with E-state index in [4.69, 9.17) is 11.6 Å². The van der Waals surface area contributed by atoms with Crippen LogP contribution in [0.15, 0.2) is 71.1 Å². The molecule has 0 bridgehead atoms. The first-order valence-corrected chi connectivity index (χ1v) is 11.7. The second kappa shape index (κ2) is 9.99. The maximum Gasteiger partial charge on any atom is 0.269 e. The van der Waals surface area contributed by atoms with Gasteiger partial charge < -0.3 is 10.6 Å². The maximum absolute atomic E-state index is 12.5. The van der Waals surface area contributed by atoms with E-state index < -0.39 is 4.92 Å². The SMILES string of the molecule is O=C(CSc1nc2ccc(NC(=O)c3ccccc3Cl)cc2s1)Nc1ccc([N+](=O)[O-])cc1. The Balaban J connectivity index is 1.37. The molecule has 0 fully saturated rings. The molecule has 1 aromatic heterocycles. The Bertz CT molecular complexity index is 1360. The number of benzene rings is 3. The zero-order chi connectivity index (χ0) is 23.4. The number of thiazole rings is 1. The van der Waals surface area contributed by atoms with Crippen LogP contribution in [0.1, 0.15) is 10.4 Å². The van der Waals surface area contributed by atoms with E-state index >= 15 is 0 Å². The van der Waals surface area contributed by atoms with E-state index in [9.17, 15) is 19.7 Å². The minimum Gasteiger partial charge on any atom is -0.325 e. The summed E-state index contributed by atoms with van der Waals surface area (Å²) in [6, 6.07) is 17.8. The molecule has 33 heavy (non-hydrogen) atoms. The van der Waals surface area contributed by atoms with Gasteiger partial charge in [0, 0.05) is 23.5 Å². The molecule has 8 nitrogen and oxygen atoms in total. The summed E-state index contributed by atoms with van der Waals surface area (Å²) in [6.07, 6.45) is 0. The molecule has 11 heteroatoms. The number of nitrogens with zero attached hydrogens (tertiary/aromatic N) is 2. The molecule has 2 amide bonds. The van der Waals surface area contributed by atoms with Gasteiger partial charge >= 0.3 is 0 Å². The molecule has 166 valence electrons. The Labute approximate surface area is 201 Å². The minimum absolute atomic E-state index is 0.0423. The van der Waals surface area contributed by atoms with Crippen molar-refractivity contribution in [1.29, 1.82) is 0 Å². The third kappa shape index (κ3) is 5.67. The number of carbonyl (C=O) groups excluding carboxylic acids is 2. The number of nitrogens with one attached hydrogen (secondary N) is 2. The highest BCUT2D eigenvalue weighted by atomic mass is 35.5. The number of thioether (sulfide) groups is 1. The molecule has 0 saturated carbocycles.